The Bertz CT molecular complexity index is 834. The Labute approximate surface area is 149 Å². The molecular weight excluding hydrogens is 338 g/mol. The van der Waals surface area contributed by atoms with Gasteiger partial charge in [0.05, 0.1) is 29.7 Å². The van der Waals surface area contributed by atoms with Crippen molar-refractivity contribution in [3.63, 3.8) is 0 Å². The molecule has 0 bridgehead atoms. The van der Waals surface area contributed by atoms with Crippen LogP contribution in [-0.2, 0) is 13.1 Å². The van der Waals surface area contributed by atoms with Crippen LogP contribution < -0.4 is 5.32 Å². The number of thiazole rings is 1. The van der Waals surface area contributed by atoms with E-state index < -0.39 is 0 Å². The molecule has 1 N–H and O–H groups in total. The average molecular weight is 360 g/mol. The van der Waals surface area contributed by atoms with Crippen molar-refractivity contribution in [2.24, 2.45) is 0 Å². The lowest BCUT2D eigenvalue weighted by Crippen LogP contribution is -2.20. The first kappa shape index (κ1) is 15.9. The molecule has 1 saturated heterocycles. The summed E-state index contributed by atoms with van der Waals surface area (Å²) in [7, 11) is 0. The molecule has 0 aliphatic carbocycles. The van der Waals surface area contributed by atoms with Crippen LogP contribution in [0.15, 0.2) is 10.9 Å². The van der Waals surface area contributed by atoms with Crippen molar-refractivity contribution >= 4 is 38.7 Å². The molecule has 3 aromatic heterocycles. The summed E-state index contributed by atoms with van der Waals surface area (Å²) in [5, 5.41) is 6.73. The maximum absolute atomic E-state index is 4.86. The van der Waals surface area contributed by atoms with E-state index in [-0.39, 0.29) is 0 Å². The SMILES string of the molecule is Cc1sc2nc(CN3CCCC3)nc(NCc3cscn3)c2c1C. The fourth-order valence-electron chi connectivity index (χ4n) is 3.13. The van der Waals surface area contributed by atoms with Crippen LogP contribution in [0.2, 0.25) is 0 Å². The highest BCUT2D eigenvalue weighted by Crippen LogP contribution is 2.33. The minimum Gasteiger partial charge on any atom is -0.364 e. The van der Waals surface area contributed by atoms with Crippen LogP contribution in [0, 0.1) is 13.8 Å². The monoisotopic (exact) mass is 359 g/mol. The number of thiophene rings is 1. The lowest BCUT2D eigenvalue weighted by Gasteiger charge is -2.14. The van der Waals surface area contributed by atoms with Gasteiger partial charge in [-0.3, -0.25) is 4.90 Å². The van der Waals surface area contributed by atoms with Crippen molar-refractivity contribution in [2.75, 3.05) is 18.4 Å². The zero-order valence-electron chi connectivity index (χ0n) is 14.0. The number of hydrogen-bond donors (Lipinski definition) is 1. The molecule has 1 aliphatic rings. The number of likely N-dealkylation sites (tertiary alicyclic amines) is 1. The summed E-state index contributed by atoms with van der Waals surface area (Å²) in [6.07, 6.45) is 2.57. The molecule has 0 saturated carbocycles. The van der Waals surface area contributed by atoms with E-state index in [0.29, 0.717) is 6.54 Å². The van der Waals surface area contributed by atoms with Gasteiger partial charge in [0.1, 0.15) is 16.5 Å². The quantitative estimate of drug-likeness (QED) is 0.747. The predicted molar refractivity (Wildman–Crippen MR) is 101 cm³/mol. The standard InChI is InChI=1S/C17H21N5S2/c1-11-12(2)24-17-15(11)16(18-7-13-9-23-10-19-13)20-14(21-17)8-22-5-3-4-6-22/h9-10H,3-8H2,1-2H3,(H,18,20,21). The number of hydrogen-bond acceptors (Lipinski definition) is 7. The maximum atomic E-state index is 4.86. The highest BCUT2D eigenvalue weighted by atomic mass is 32.1. The summed E-state index contributed by atoms with van der Waals surface area (Å²) in [6.45, 7) is 8.18. The molecule has 0 radical (unpaired) electrons. The Hall–Kier alpha value is -1.57. The summed E-state index contributed by atoms with van der Waals surface area (Å²) in [4.78, 5) is 18.9. The molecule has 1 fully saturated rings. The fourth-order valence-corrected chi connectivity index (χ4v) is 4.74. The first-order valence-corrected chi connectivity index (χ1v) is 10.1. The third-order valence-corrected chi connectivity index (χ3v) is 6.30. The second kappa shape index (κ2) is 6.74. The number of rotatable bonds is 5. The second-order valence-corrected chi connectivity index (χ2v) is 8.19. The Morgan fingerprint density at radius 2 is 2.04 bits per heavy atom. The molecule has 126 valence electrons. The maximum Gasteiger partial charge on any atom is 0.146 e. The second-order valence-electron chi connectivity index (χ2n) is 6.27. The van der Waals surface area contributed by atoms with Crippen LogP contribution in [0.1, 0.15) is 34.8 Å². The van der Waals surface area contributed by atoms with Crippen molar-refractivity contribution in [3.05, 3.63) is 32.8 Å². The van der Waals surface area contributed by atoms with Gasteiger partial charge in [-0.25, -0.2) is 15.0 Å². The van der Waals surface area contributed by atoms with Gasteiger partial charge >= 0.3 is 0 Å². The van der Waals surface area contributed by atoms with Crippen molar-refractivity contribution in [2.45, 2.75) is 39.8 Å². The van der Waals surface area contributed by atoms with Crippen molar-refractivity contribution in [3.8, 4) is 0 Å². The third kappa shape index (κ3) is 3.16. The highest BCUT2D eigenvalue weighted by molar-refractivity contribution is 7.18. The molecule has 0 amide bonds. The zero-order chi connectivity index (χ0) is 16.5. The van der Waals surface area contributed by atoms with E-state index in [0.717, 1.165) is 47.2 Å². The lowest BCUT2D eigenvalue weighted by molar-refractivity contribution is 0.323. The highest BCUT2D eigenvalue weighted by Gasteiger charge is 2.18. The summed E-state index contributed by atoms with van der Waals surface area (Å²) >= 11 is 3.39. The summed E-state index contributed by atoms with van der Waals surface area (Å²) in [5.74, 6) is 1.87. The van der Waals surface area contributed by atoms with E-state index >= 15 is 0 Å². The van der Waals surface area contributed by atoms with Gasteiger partial charge in [-0.2, -0.15) is 0 Å². The van der Waals surface area contributed by atoms with Crippen LogP contribution in [0.5, 0.6) is 0 Å². The van der Waals surface area contributed by atoms with Crippen LogP contribution in [0.25, 0.3) is 10.2 Å². The average Bonchev–Trinajstić information content (AvgIpc) is 3.29. The molecule has 0 atom stereocenters. The predicted octanol–water partition coefficient (Wildman–Crippen LogP) is 3.97. The van der Waals surface area contributed by atoms with Gasteiger partial charge in [0.25, 0.3) is 0 Å². The normalized spacial score (nSPS) is 15.4. The van der Waals surface area contributed by atoms with E-state index in [2.05, 4.69) is 34.4 Å². The molecule has 3 aromatic rings. The lowest BCUT2D eigenvalue weighted by atomic mass is 10.2. The molecule has 7 heteroatoms. The molecule has 0 spiro atoms. The number of aryl methyl sites for hydroxylation is 2. The van der Waals surface area contributed by atoms with Crippen LogP contribution in [-0.4, -0.2) is 32.9 Å². The van der Waals surface area contributed by atoms with Crippen molar-refractivity contribution < 1.29 is 0 Å². The zero-order valence-corrected chi connectivity index (χ0v) is 15.6. The molecule has 24 heavy (non-hydrogen) atoms. The molecule has 1 aliphatic heterocycles. The summed E-state index contributed by atoms with van der Waals surface area (Å²) < 4.78 is 0. The molecule has 0 unspecified atom stereocenters. The topological polar surface area (TPSA) is 53.9 Å². The Morgan fingerprint density at radius 3 is 2.79 bits per heavy atom. The largest absolute Gasteiger partial charge is 0.364 e. The van der Waals surface area contributed by atoms with E-state index in [1.165, 1.54) is 23.3 Å². The van der Waals surface area contributed by atoms with Crippen LogP contribution in [0.4, 0.5) is 5.82 Å². The molecule has 4 heterocycles. The molecule has 4 rings (SSSR count). The van der Waals surface area contributed by atoms with Gasteiger partial charge in [0, 0.05) is 10.3 Å². The Kier molecular flexibility index (Phi) is 4.47. The van der Waals surface area contributed by atoms with E-state index in [1.807, 2.05) is 5.51 Å². The molecule has 0 aromatic carbocycles. The first-order valence-electron chi connectivity index (χ1n) is 8.30. The number of anilines is 1. The summed E-state index contributed by atoms with van der Waals surface area (Å²) in [6, 6.07) is 0. The van der Waals surface area contributed by atoms with Gasteiger partial charge in [-0.1, -0.05) is 0 Å². The van der Waals surface area contributed by atoms with E-state index in [9.17, 15) is 0 Å². The number of nitrogens with zero attached hydrogens (tertiary/aromatic N) is 4. The smallest absolute Gasteiger partial charge is 0.146 e. The first-order chi connectivity index (χ1) is 11.7. The van der Waals surface area contributed by atoms with Crippen molar-refractivity contribution in [1.29, 1.82) is 0 Å². The van der Waals surface area contributed by atoms with Crippen LogP contribution in [0.3, 0.4) is 0 Å². The van der Waals surface area contributed by atoms with E-state index in [4.69, 9.17) is 9.97 Å². The third-order valence-electron chi connectivity index (χ3n) is 4.56. The van der Waals surface area contributed by atoms with E-state index in [1.54, 1.807) is 22.7 Å². The minimum absolute atomic E-state index is 0.701. The van der Waals surface area contributed by atoms with Crippen molar-refractivity contribution in [1.82, 2.24) is 19.9 Å². The van der Waals surface area contributed by atoms with Gasteiger partial charge in [0.15, 0.2) is 0 Å². The Morgan fingerprint density at radius 1 is 1.21 bits per heavy atom. The van der Waals surface area contributed by atoms with Crippen LogP contribution >= 0.6 is 22.7 Å². The van der Waals surface area contributed by atoms with Gasteiger partial charge in [0.2, 0.25) is 0 Å². The fraction of sp³-hybridized carbons (Fsp3) is 0.471. The Balaban J connectivity index is 1.67. The summed E-state index contributed by atoms with van der Waals surface area (Å²) in [5.41, 5.74) is 4.20. The van der Waals surface area contributed by atoms with Gasteiger partial charge < -0.3 is 5.32 Å². The molecule has 5 nitrogen and oxygen atoms in total. The number of nitrogens with one attached hydrogen (secondary N) is 1. The van der Waals surface area contributed by atoms with Gasteiger partial charge in [-0.05, 0) is 45.3 Å². The van der Waals surface area contributed by atoms with Gasteiger partial charge in [-0.15, -0.1) is 22.7 Å². The number of fused-ring (bicyclic) bond motifs is 1. The minimum atomic E-state index is 0.701. The number of aromatic nitrogens is 3. The molecular formula is C17H21N5S2.